The number of carbonyl (C=O) groups excluding carboxylic acids is 5. The molecule has 1 aliphatic carbocycles. The van der Waals surface area contributed by atoms with Crippen LogP contribution in [0.25, 0.3) is 0 Å². The fourth-order valence-corrected chi connectivity index (χ4v) is 4.63. The van der Waals surface area contributed by atoms with Gasteiger partial charge in [-0.25, -0.2) is 4.79 Å². The van der Waals surface area contributed by atoms with Crippen molar-refractivity contribution in [2.45, 2.75) is 63.6 Å². The second-order valence-corrected chi connectivity index (χ2v) is 9.90. The molecular formula is C29H37N5O6. The van der Waals surface area contributed by atoms with Crippen LogP contribution in [0, 0.1) is 0 Å². The number of primary amides is 1. The molecular weight excluding hydrogens is 514 g/mol. The molecule has 6 N–H and O–H groups in total. The molecule has 0 fully saturated rings. The Hall–Kier alpha value is -4.41. The normalized spacial score (nSPS) is 13.8. The number of nitrogens with two attached hydrogens (primary N) is 1. The van der Waals surface area contributed by atoms with E-state index in [4.69, 9.17) is 10.5 Å². The van der Waals surface area contributed by atoms with Crippen molar-refractivity contribution in [3.63, 3.8) is 0 Å². The number of amides is 5. The fraction of sp³-hybridized carbons (Fsp3) is 0.414. The maximum atomic E-state index is 13.5. The number of hydrogen-bond acceptors (Lipinski definition) is 6. The first-order chi connectivity index (χ1) is 19.2. The Morgan fingerprint density at radius 3 is 2.10 bits per heavy atom. The largest absolute Gasteiger partial charge is 0.445 e. The number of benzene rings is 2. The van der Waals surface area contributed by atoms with E-state index in [1.54, 1.807) is 0 Å². The van der Waals surface area contributed by atoms with Gasteiger partial charge in [0, 0.05) is 39.3 Å². The average molecular weight is 552 g/mol. The van der Waals surface area contributed by atoms with Crippen LogP contribution >= 0.6 is 0 Å². The first-order valence-electron chi connectivity index (χ1n) is 13.4. The van der Waals surface area contributed by atoms with Gasteiger partial charge < -0.3 is 31.7 Å². The van der Waals surface area contributed by atoms with E-state index in [-0.39, 0.29) is 38.2 Å². The van der Waals surface area contributed by atoms with Crippen molar-refractivity contribution >= 4 is 29.7 Å². The minimum absolute atomic E-state index is 0.0200. The first kappa shape index (κ1) is 30.1. The lowest BCUT2D eigenvalue weighted by molar-refractivity contribution is -0.135. The summed E-state index contributed by atoms with van der Waals surface area (Å²) >= 11 is 0. The summed E-state index contributed by atoms with van der Waals surface area (Å²) in [5.41, 5.74) is 6.78. The number of ether oxygens (including phenoxy) is 1. The summed E-state index contributed by atoms with van der Waals surface area (Å²) in [7, 11) is 0. The highest BCUT2D eigenvalue weighted by Gasteiger charge is 2.45. The maximum absolute atomic E-state index is 13.5. The monoisotopic (exact) mass is 551 g/mol. The summed E-state index contributed by atoms with van der Waals surface area (Å²) in [6, 6.07) is 15.9. The summed E-state index contributed by atoms with van der Waals surface area (Å²) in [5, 5.41) is 11.0. The van der Waals surface area contributed by atoms with E-state index in [1.807, 2.05) is 54.6 Å². The second kappa shape index (κ2) is 14.7. The smallest absolute Gasteiger partial charge is 0.407 e. The predicted molar refractivity (Wildman–Crippen MR) is 148 cm³/mol. The molecule has 0 spiro atoms. The van der Waals surface area contributed by atoms with Gasteiger partial charge in [-0.3, -0.25) is 19.2 Å². The second-order valence-electron chi connectivity index (χ2n) is 9.90. The van der Waals surface area contributed by atoms with Crippen molar-refractivity contribution in [2.24, 2.45) is 5.73 Å². The summed E-state index contributed by atoms with van der Waals surface area (Å²) in [6.07, 6.45) is 1.20. The van der Waals surface area contributed by atoms with Crippen molar-refractivity contribution in [1.82, 2.24) is 21.3 Å². The zero-order valence-corrected chi connectivity index (χ0v) is 22.7. The summed E-state index contributed by atoms with van der Waals surface area (Å²) in [6.45, 7) is 2.18. The van der Waals surface area contributed by atoms with E-state index >= 15 is 0 Å². The molecule has 0 bridgehead atoms. The number of fused-ring (bicyclic) bond motifs is 1. The molecule has 0 radical (unpaired) electrons. The summed E-state index contributed by atoms with van der Waals surface area (Å²) in [5.74, 6) is -1.93. The summed E-state index contributed by atoms with van der Waals surface area (Å²) in [4.78, 5) is 61.5. The van der Waals surface area contributed by atoms with E-state index in [0.717, 1.165) is 16.7 Å². The van der Waals surface area contributed by atoms with Gasteiger partial charge in [-0.15, -0.1) is 0 Å². The topological polar surface area (TPSA) is 169 Å². The van der Waals surface area contributed by atoms with Crippen LogP contribution in [0.4, 0.5) is 4.79 Å². The third-order valence-electron chi connectivity index (χ3n) is 6.64. The van der Waals surface area contributed by atoms with Crippen molar-refractivity contribution in [2.75, 3.05) is 13.1 Å². The molecule has 11 heteroatoms. The Morgan fingerprint density at radius 1 is 0.900 bits per heavy atom. The van der Waals surface area contributed by atoms with E-state index in [9.17, 15) is 24.0 Å². The van der Waals surface area contributed by atoms with E-state index in [1.165, 1.54) is 6.92 Å². The summed E-state index contributed by atoms with van der Waals surface area (Å²) < 4.78 is 5.18. The Balaban J connectivity index is 1.52. The molecule has 0 saturated heterocycles. The Bertz CT molecular complexity index is 1180. The molecule has 11 nitrogen and oxygen atoms in total. The third-order valence-corrected chi connectivity index (χ3v) is 6.64. The standard InChI is InChI=1S/C29H37N5O6/c1-20(35)33-24(13-14-25(30)36)26(37)34-29(17-22-11-5-6-12-23(22)18-29)27(38)31-15-7-8-16-32-28(39)40-19-21-9-3-2-4-10-21/h2-6,9-12,24H,7-8,13-19H2,1H3,(H2,30,36)(H,31,38)(H,32,39)(H,33,35)(H,34,37)/t24-/m0/s1. The lowest BCUT2D eigenvalue weighted by atomic mass is 9.93. The Labute approximate surface area is 233 Å². The van der Waals surface area contributed by atoms with Gasteiger partial charge in [0.05, 0.1) is 0 Å². The van der Waals surface area contributed by atoms with Crippen LogP contribution in [0.1, 0.15) is 49.3 Å². The van der Waals surface area contributed by atoms with Gasteiger partial charge in [0.25, 0.3) is 0 Å². The molecule has 5 amide bonds. The highest BCUT2D eigenvalue weighted by molar-refractivity contribution is 5.95. The van der Waals surface area contributed by atoms with Crippen LogP contribution in [0.5, 0.6) is 0 Å². The van der Waals surface area contributed by atoms with Crippen LogP contribution in [0.2, 0.25) is 0 Å². The molecule has 0 aromatic heterocycles. The van der Waals surface area contributed by atoms with Crippen LogP contribution in [-0.4, -0.2) is 54.4 Å². The van der Waals surface area contributed by atoms with E-state index in [2.05, 4.69) is 21.3 Å². The molecule has 2 aromatic carbocycles. The van der Waals surface area contributed by atoms with E-state index < -0.39 is 35.4 Å². The van der Waals surface area contributed by atoms with Gasteiger partial charge in [0.1, 0.15) is 18.2 Å². The van der Waals surface area contributed by atoms with Gasteiger partial charge in [0.15, 0.2) is 0 Å². The molecule has 0 saturated carbocycles. The Kier molecular flexibility index (Phi) is 11.0. The quantitative estimate of drug-likeness (QED) is 0.221. The molecule has 3 rings (SSSR count). The minimum atomic E-state index is -1.25. The molecule has 2 aromatic rings. The SMILES string of the molecule is CC(=O)N[C@@H](CCC(N)=O)C(=O)NC1(C(=O)NCCCCNC(=O)OCc2ccccc2)Cc2ccccc2C1. The number of unbranched alkanes of at least 4 members (excludes halogenated alkanes) is 1. The van der Waals surface area contributed by atoms with E-state index in [0.29, 0.717) is 25.9 Å². The van der Waals surface area contributed by atoms with Crippen molar-refractivity contribution in [1.29, 1.82) is 0 Å². The van der Waals surface area contributed by atoms with Gasteiger partial charge in [-0.1, -0.05) is 54.6 Å². The maximum Gasteiger partial charge on any atom is 0.407 e. The van der Waals surface area contributed by atoms with Gasteiger partial charge in [-0.05, 0) is 36.0 Å². The molecule has 1 atom stereocenters. The van der Waals surface area contributed by atoms with Crippen molar-refractivity contribution in [3.05, 3.63) is 71.3 Å². The van der Waals surface area contributed by atoms with Crippen LogP contribution in [0.15, 0.2) is 54.6 Å². The Morgan fingerprint density at radius 2 is 1.50 bits per heavy atom. The first-order valence-corrected chi connectivity index (χ1v) is 13.4. The average Bonchev–Trinajstić information content (AvgIpc) is 3.31. The highest BCUT2D eigenvalue weighted by atomic mass is 16.5. The third kappa shape index (κ3) is 9.11. The van der Waals surface area contributed by atoms with Crippen molar-refractivity contribution in [3.8, 4) is 0 Å². The van der Waals surface area contributed by atoms with Gasteiger partial charge in [-0.2, -0.15) is 0 Å². The zero-order chi connectivity index (χ0) is 29.0. The van der Waals surface area contributed by atoms with Gasteiger partial charge >= 0.3 is 6.09 Å². The lowest BCUT2D eigenvalue weighted by Crippen LogP contribution is -2.63. The molecule has 0 aliphatic heterocycles. The number of carbonyl (C=O) groups is 5. The minimum Gasteiger partial charge on any atom is -0.445 e. The number of nitrogens with one attached hydrogen (secondary N) is 4. The molecule has 0 unspecified atom stereocenters. The molecule has 0 heterocycles. The number of rotatable bonds is 14. The zero-order valence-electron chi connectivity index (χ0n) is 22.7. The number of alkyl carbamates (subject to hydrolysis) is 1. The van der Waals surface area contributed by atoms with Crippen LogP contribution in [-0.2, 0) is 43.4 Å². The molecule has 40 heavy (non-hydrogen) atoms. The molecule has 1 aliphatic rings. The molecule has 214 valence electrons. The lowest BCUT2D eigenvalue weighted by Gasteiger charge is -2.31. The highest BCUT2D eigenvalue weighted by Crippen LogP contribution is 2.30. The van der Waals surface area contributed by atoms with Gasteiger partial charge in [0.2, 0.25) is 23.6 Å². The fourth-order valence-electron chi connectivity index (χ4n) is 4.63. The van der Waals surface area contributed by atoms with Crippen LogP contribution in [0.3, 0.4) is 0 Å². The number of hydrogen-bond donors (Lipinski definition) is 5. The predicted octanol–water partition coefficient (Wildman–Crippen LogP) is 1.23. The van der Waals surface area contributed by atoms with Crippen molar-refractivity contribution < 1.29 is 28.7 Å². The van der Waals surface area contributed by atoms with Crippen LogP contribution < -0.4 is 27.0 Å².